The Morgan fingerprint density at radius 2 is 1.79 bits per heavy atom. The van der Waals surface area contributed by atoms with Gasteiger partial charge in [0.15, 0.2) is 6.29 Å². The number of carbonyl (C=O) groups is 2. The van der Waals surface area contributed by atoms with Crippen molar-refractivity contribution in [2.24, 2.45) is 0 Å². The van der Waals surface area contributed by atoms with E-state index in [-0.39, 0.29) is 0 Å². The second-order valence-corrected chi connectivity index (χ2v) is 9.00. The van der Waals surface area contributed by atoms with Crippen LogP contribution in [-0.4, -0.2) is 131 Å². The van der Waals surface area contributed by atoms with Crippen molar-refractivity contribution in [3.63, 3.8) is 0 Å². The van der Waals surface area contributed by atoms with Gasteiger partial charge in [-0.25, -0.2) is 9.36 Å². The van der Waals surface area contributed by atoms with E-state index in [9.17, 15) is 49.9 Å². The lowest BCUT2D eigenvalue weighted by Gasteiger charge is -2.46. The molecule has 0 unspecified atom stereocenters. The van der Waals surface area contributed by atoms with E-state index < -0.39 is 100 Å². The number of aliphatic carboxylic acids is 1. The number of hydrogen-bond acceptors (Lipinski definition) is 13. The van der Waals surface area contributed by atoms with Crippen molar-refractivity contribution in [2.45, 2.75) is 74.2 Å². The molecule has 0 aliphatic carbocycles. The number of aliphatic hydroxyl groups is 6. The Morgan fingerprint density at radius 3 is 2.29 bits per heavy atom. The first kappa shape index (κ1) is 28.9. The standard InChI is InChI=1S/C16H28NO16P/c1-5(19)17-9-12(23)10(21)8(31-14(9)24)4-30-16(15(25)26)2-7(33-34(27,28)29)11(22)13(32-16)6(20)3-18/h6-14,18,20-24H,2-4H2,1H3,(H,17,19)(H,25,26)(H2,27,28,29)/t6-,7-,8-,9-,10-,11-,12-,13-,14-,16-/m1/s1. The summed E-state index contributed by atoms with van der Waals surface area (Å²) in [6.07, 6.45) is -15.9. The average Bonchev–Trinajstić information content (AvgIpc) is 2.72. The third-order valence-electron chi connectivity index (χ3n) is 5.25. The van der Waals surface area contributed by atoms with Gasteiger partial charge in [0.1, 0.15) is 48.8 Å². The van der Waals surface area contributed by atoms with Crippen LogP contribution in [0.25, 0.3) is 0 Å². The van der Waals surface area contributed by atoms with E-state index in [4.69, 9.17) is 24.0 Å². The van der Waals surface area contributed by atoms with Crippen LogP contribution in [0.1, 0.15) is 13.3 Å². The quantitative estimate of drug-likeness (QED) is 0.127. The van der Waals surface area contributed by atoms with Gasteiger partial charge in [0.05, 0.1) is 13.2 Å². The molecule has 2 aliphatic rings. The second-order valence-electron chi connectivity index (χ2n) is 7.80. The number of phosphoric ester groups is 1. The van der Waals surface area contributed by atoms with E-state index in [1.54, 1.807) is 0 Å². The van der Waals surface area contributed by atoms with Crippen molar-refractivity contribution in [1.82, 2.24) is 5.32 Å². The molecule has 2 rings (SSSR count). The molecule has 2 heterocycles. The fraction of sp³-hybridized carbons (Fsp3) is 0.875. The molecule has 0 aromatic rings. The van der Waals surface area contributed by atoms with Crippen molar-refractivity contribution >= 4 is 19.7 Å². The maximum atomic E-state index is 12.0. The Morgan fingerprint density at radius 1 is 1.18 bits per heavy atom. The topological polar surface area (TPSA) is 282 Å². The highest BCUT2D eigenvalue weighted by Crippen LogP contribution is 2.44. The fourth-order valence-corrected chi connectivity index (χ4v) is 4.16. The second kappa shape index (κ2) is 11.2. The zero-order chi connectivity index (χ0) is 26.0. The number of rotatable bonds is 9. The summed E-state index contributed by atoms with van der Waals surface area (Å²) in [5.74, 6) is -5.42. The van der Waals surface area contributed by atoms with Gasteiger partial charge in [-0.3, -0.25) is 9.32 Å². The summed E-state index contributed by atoms with van der Waals surface area (Å²) < 4.78 is 31.2. The highest BCUT2D eigenvalue weighted by molar-refractivity contribution is 7.46. The van der Waals surface area contributed by atoms with Crippen molar-refractivity contribution < 1.29 is 78.4 Å². The van der Waals surface area contributed by atoms with Gasteiger partial charge in [-0.15, -0.1) is 0 Å². The molecule has 198 valence electrons. The van der Waals surface area contributed by atoms with Crippen LogP contribution in [0.5, 0.6) is 0 Å². The lowest BCUT2D eigenvalue weighted by molar-refractivity contribution is -0.336. The van der Waals surface area contributed by atoms with Crippen molar-refractivity contribution in [3.8, 4) is 0 Å². The Hall–Kier alpha value is -1.31. The van der Waals surface area contributed by atoms with Gasteiger partial charge in [0.25, 0.3) is 5.79 Å². The Labute approximate surface area is 191 Å². The lowest BCUT2D eigenvalue weighted by Crippen LogP contribution is -2.66. The largest absolute Gasteiger partial charge is 0.477 e. The maximum Gasteiger partial charge on any atom is 0.469 e. The molecule has 1 amide bonds. The van der Waals surface area contributed by atoms with E-state index in [1.165, 1.54) is 0 Å². The van der Waals surface area contributed by atoms with Crippen LogP contribution in [-0.2, 0) is 32.9 Å². The van der Waals surface area contributed by atoms with Crippen molar-refractivity contribution in [2.75, 3.05) is 13.2 Å². The first-order chi connectivity index (χ1) is 15.6. The Balaban J connectivity index is 2.26. The smallest absolute Gasteiger partial charge is 0.469 e. The van der Waals surface area contributed by atoms with Gasteiger partial charge in [-0.05, 0) is 0 Å². The summed E-state index contributed by atoms with van der Waals surface area (Å²) >= 11 is 0. The summed E-state index contributed by atoms with van der Waals surface area (Å²) in [5.41, 5.74) is 0. The Bertz CT molecular complexity index is 778. The molecule has 0 spiro atoms. The normalized spacial score (nSPS) is 39.9. The molecule has 10 N–H and O–H groups in total. The van der Waals surface area contributed by atoms with Gasteiger partial charge >= 0.3 is 13.8 Å². The van der Waals surface area contributed by atoms with Crippen LogP contribution >= 0.6 is 7.82 Å². The molecule has 2 saturated heterocycles. The van der Waals surface area contributed by atoms with Crippen LogP contribution in [0.4, 0.5) is 0 Å². The van der Waals surface area contributed by atoms with Crippen LogP contribution in [0, 0.1) is 0 Å². The molecule has 0 bridgehead atoms. The van der Waals surface area contributed by atoms with Gasteiger partial charge in [0.2, 0.25) is 5.91 Å². The number of carbonyl (C=O) groups excluding carboxylic acids is 1. The predicted octanol–water partition coefficient (Wildman–Crippen LogP) is -5.29. The summed E-state index contributed by atoms with van der Waals surface area (Å²) in [6, 6.07) is -1.43. The minimum Gasteiger partial charge on any atom is -0.477 e. The average molecular weight is 521 g/mol. The number of aliphatic hydroxyl groups excluding tert-OH is 6. The SMILES string of the molecule is CC(=O)N[C@@H]1[C@@H](O)[C@H](O)[C@@H](CO[C@]2(C(=O)O)C[C@@H](OP(=O)(O)O)[C@@H](O)[C@@H]([C@H](O)CO)O2)O[C@H]1O. The molecule has 18 heteroatoms. The highest BCUT2D eigenvalue weighted by Gasteiger charge is 2.57. The lowest BCUT2D eigenvalue weighted by atomic mass is 9.92. The molecule has 0 saturated carbocycles. The summed E-state index contributed by atoms with van der Waals surface area (Å²) in [4.78, 5) is 41.4. The molecule has 2 fully saturated rings. The number of hydrogen-bond donors (Lipinski definition) is 10. The first-order valence-electron chi connectivity index (χ1n) is 9.84. The van der Waals surface area contributed by atoms with E-state index in [2.05, 4.69) is 9.84 Å². The highest BCUT2D eigenvalue weighted by atomic mass is 31.2. The van der Waals surface area contributed by atoms with Gasteiger partial charge in [-0.1, -0.05) is 0 Å². The molecule has 17 nitrogen and oxygen atoms in total. The van der Waals surface area contributed by atoms with E-state index >= 15 is 0 Å². The Kier molecular flexibility index (Phi) is 9.50. The molecule has 2 aliphatic heterocycles. The number of amides is 1. The van der Waals surface area contributed by atoms with Crippen molar-refractivity contribution in [3.05, 3.63) is 0 Å². The van der Waals surface area contributed by atoms with E-state index in [1.807, 2.05) is 0 Å². The first-order valence-corrected chi connectivity index (χ1v) is 11.4. The predicted molar refractivity (Wildman–Crippen MR) is 102 cm³/mol. The van der Waals surface area contributed by atoms with Crippen LogP contribution in [0.3, 0.4) is 0 Å². The molecule has 0 aromatic heterocycles. The minimum atomic E-state index is -5.29. The molecular weight excluding hydrogens is 493 g/mol. The van der Waals surface area contributed by atoms with Gasteiger partial charge in [0, 0.05) is 13.3 Å². The zero-order valence-electron chi connectivity index (χ0n) is 17.6. The maximum absolute atomic E-state index is 12.0. The minimum absolute atomic E-state index is 0.655. The number of carboxylic acid groups (broad SMARTS) is 1. The summed E-state index contributed by atoms with van der Waals surface area (Å²) in [6.45, 7) is -0.873. The summed E-state index contributed by atoms with van der Waals surface area (Å²) in [5, 5.41) is 71.7. The summed E-state index contributed by atoms with van der Waals surface area (Å²) in [7, 11) is -5.29. The fourth-order valence-electron chi connectivity index (χ4n) is 3.60. The van der Waals surface area contributed by atoms with Crippen molar-refractivity contribution in [1.29, 1.82) is 0 Å². The number of carboxylic acids is 1. The number of phosphoric acid groups is 1. The molecule has 0 radical (unpaired) electrons. The van der Waals surface area contributed by atoms with Crippen LogP contribution in [0.2, 0.25) is 0 Å². The van der Waals surface area contributed by atoms with Crippen LogP contribution in [0.15, 0.2) is 0 Å². The van der Waals surface area contributed by atoms with Crippen LogP contribution < -0.4 is 5.32 Å². The number of ether oxygens (including phenoxy) is 3. The third-order valence-corrected chi connectivity index (χ3v) is 5.80. The van der Waals surface area contributed by atoms with Gasteiger partial charge < -0.3 is 65.1 Å². The zero-order valence-corrected chi connectivity index (χ0v) is 18.5. The molecule has 0 aromatic carbocycles. The number of nitrogens with one attached hydrogen (secondary N) is 1. The molecular formula is C16H28NO16P. The van der Waals surface area contributed by atoms with E-state index in [0.29, 0.717) is 0 Å². The third kappa shape index (κ3) is 6.67. The van der Waals surface area contributed by atoms with E-state index in [0.717, 1.165) is 6.92 Å². The van der Waals surface area contributed by atoms with Gasteiger partial charge in [-0.2, -0.15) is 0 Å². The monoisotopic (exact) mass is 521 g/mol. The molecule has 34 heavy (non-hydrogen) atoms. The molecule has 10 atom stereocenters.